The summed E-state index contributed by atoms with van der Waals surface area (Å²) in [7, 11) is 1.72. The Morgan fingerprint density at radius 3 is 2.16 bits per heavy atom. The number of halogens is 1. The van der Waals surface area contributed by atoms with Gasteiger partial charge in [0.15, 0.2) is 0 Å². The molecule has 5 heteroatoms. The molecular formula is C20H27ClN2O2. The van der Waals surface area contributed by atoms with E-state index in [9.17, 15) is 5.11 Å². The highest BCUT2D eigenvalue weighted by atomic mass is 35.5. The van der Waals surface area contributed by atoms with Crippen LogP contribution in [0, 0.1) is 0 Å². The third kappa shape index (κ3) is 4.46. The van der Waals surface area contributed by atoms with Crippen molar-refractivity contribution >= 4 is 18.1 Å². The number of aliphatic hydroxyl groups is 1. The van der Waals surface area contributed by atoms with Gasteiger partial charge in [-0.15, -0.1) is 12.4 Å². The number of methoxy groups -OCH3 is 1. The van der Waals surface area contributed by atoms with Crippen molar-refractivity contribution in [3.8, 4) is 5.75 Å². The monoisotopic (exact) mass is 362 g/mol. The quantitative estimate of drug-likeness (QED) is 0.884. The van der Waals surface area contributed by atoms with Crippen molar-refractivity contribution in [2.45, 2.75) is 19.1 Å². The van der Waals surface area contributed by atoms with E-state index >= 15 is 0 Å². The van der Waals surface area contributed by atoms with Crippen LogP contribution < -0.4 is 9.64 Å². The third-order valence-electron chi connectivity index (χ3n) is 4.91. The molecule has 2 aromatic rings. The van der Waals surface area contributed by atoms with Crippen LogP contribution in [0.5, 0.6) is 5.75 Å². The molecule has 1 heterocycles. The van der Waals surface area contributed by atoms with E-state index in [2.05, 4.69) is 22.8 Å². The normalized spacial score (nSPS) is 17.5. The highest BCUT2D eigenvalue weighted by molar-refractivity contribution is 5.85. The average Bonchev–Trinajstić information content (AvgIpc) is 2.67. The maximum atomic E-state index is 10.6. The standard InChI is InChI=1S/C20H26N2O2.ClH/c1-16(20(23)17-8-4-3-5-9-17)21-12-14-22(15-13-21)18-10-6-7-11-19(18)24-2;/h3-11,16,20,23H,12-15H2,1-2H3;1H/t16-,20-;/m0./s1. The van der Waals surface area contributed by atoms with Gasteiger partial charge in [0.1, 0.15) is 5.75 Å². The Hall–Kier alpha value is -1.75. The molecule has 0 amide bonds. The number of benzene rings is 2. The second-order valence-corrected chi connectivity index (χ2v) is 6.29. The van der Waals surface area contributed by atoms with E-state index in [0.717, 1.165) is 43.2 Å². The molecule has 136 valence electrons. The van der Waals surface area contributed by atoms with Crippen molar-refractivity contribution in [2.24, 2.45) is 0 Å². The van der Waals surface area contributed by atoms with Gasteiger partial charge in [0.2, 0.25) is 0 Å². The van der Waals surface area contributed by atoms with Gasteiger partial charge in [0, 0.05) is 32.2 Å². The van der Waals surface area contributed by atoms with E-state index in [1.807, 2.05) is 48.5 Å². The number of piperazine rings is 1. The van der Waals surface area contributed by atoms with E-state index in [-0.39, 0.29) is 18.4 Å². The molecule has 1 N–H and O–H groups in total. The molecule has 1 aliphatic heterocycles. The molecule has 1 fully saturated rings. The van der Waals surface area contributed by atoms with Crippen LogP contribution in [0.1, 0.15) is 18.6 Å². The molecule has 1 aliphatic rings. The Labute approximate surface area is 156 Å². The number of ether oxygens (including phenoxy) is 1. The van der Waals surface area contributed by atoms with Gasteiger partial charge in [-0.2, -0.15) is 0 Å². The summed E-state index contributed by atoms with van der Waals surface area (Å²) >= 11 is 0. The van der Waals surface area contributed by atoms with E-state index in [1.54, 1.807) is 7.11 Å². The first-order chi connectivity index (χ1) is 11.7. The van der Waals surface area contributed by atoms with Gasteiger partial charge in [-0.25, -0.2) is 0 Å². The number of hydrogen-bond donors (Lipinski definition) is 1. The van der Waals surface area contributed by atoms with Crippen molar-refractivity contribution in [1.29, 1.82) is 0 Å². The number of rotatable bonds is 5. The fourth-order valence-electron chi connectivity index (χ4n) is 3.39. The molecule has 3 rings (SSSR count). The minimum atomic E-state index is -0.455. The lowest BCUT2D eigenvalue weighted by Gasteiger charge is -2.40. The Kier molecular flexibility index (Phi) is 7.12. The van der Waals surface area contributed by atoms with E-state index in [0.29, 0.717) is 0 Å². The molecule has 0 aliphatic carbocycles. The maximum Gasteiger partial charge on any atom is 0.142 e. The van der Waals surface area contributed by atoms with Gasteiger partial charge in [-0.05, 0) is 24.6 Å². The zero-order valence-electron chi connectivity index (χ0n) is 14.8. The molecular weight excluding hydrogens is 336 g/mol. The summed E-state index contributed by atoms with van der Waals surface area (Å²) < 4.78 is 5.47. The van der Waals surface area contributed by atoms with Crippen LogP contribution in [-0.2, 0) is 0 Å². The van der Waals surface area contributed by atoms with Crippen molar-refractivity contribution in [3.05, 3.63) is 60.2 Å². The lowest BCUT2D eigenvalue weighted by Crippen LogP contribution is -2.51. The van der Waals surface area contributed by atoms with E-state index < -0.39 is 6.10 Å². The Morgan fingerprint density at radius 1 is 0.920 bits per heavy atom. The minimum Gasteiger partial charge on any atom is -0.495 e. The zero-order chi connectivity index (χ0) is 16.9. The smallest absolute Gasteiger partial charge is 0.142 e. The van der Waals surface area contributed by atoms with Crippen molar-refractivity contribution in [2.75, 3.05) is 38.2 Å². The number of anilines is 1. The molecule has 0 bridgehead atoms. The third-order valence-corrected chi connectivity index (χ3v) is 4.91. The van der Waals surface area contributed by atoms with Gasteiger partial charge < -0.3 is 14.7 Å². The Morgan fingerprint density at radius 2 is 1.52 bits per heavy atom. The maximum absolute atomic E-state index is 10.6. The summed E-state index contributed by atoms with van der Waals surface area (Å²) in [4.78, 5) is 4.72. The van der Waals surface area contributed by atoms with Crippen molar-refractivity contribution < 1.29 is 9.84 Å². The average molecular weight is 363 g/mol. The lowest BCUT2D eigenvalue weighted by atomic mass is 10.0. The molecule has 0 unspecified atom stereocenters. The minimum absolute atomic E-state index is 0. The fraction of sp³-hybridized carbons (Fsp3) is 0.400. The summed E-state index contributed by atoms with van der Waals surface area (Å²) in [6.45, 7) is 5.85. The van der Waals surface area contributed by atoms with Crippen LogP contribution in [0.15, 0.2) is 54.6 Å². The van der Waals surface area contributed by atoms with Crippen LogP contribution in [0.25, 0.3) is 0 Å². The molecule has 2 atom stereocenters. The summed E-state index contributed by atoms with van der Waals surface area (Å²) in [5.74, 6) is 0.920. The summed E-state index contributed by atoms with van der Waals surface area (Å²) in [5, 5.41) is 10.6. The second kappa shape index (κ2) is 9.09. The molecule has 0 aromatic heterocycles. The first-order valence-electron chi connectivity index (χ1n) is 8.55. The van der Waals surface area contributed by atoms with Crippen LogP contribution in [-0.4, -0.2) is 49.3 Å². The van der Waals surface area contributed by atoms with Crippen molar-refractivity contribution in [1.82, 2.24) is 4.90 Å². The molecule has 2 aromatic carbocycles. The summed E-state index contributed by atoms with van der Waals surface area (Å²) in [5.41, 5.74) is 2.13. The van der Waals surface area contributed by atoms with Crippen LogP contribution in [0.2, 0.25) is 0 Å². The summed E-state index contributed by atoms with van der Waals surface area (Å²) in [6.07, 6.45) is -0.455. The zero-order valence-corrected chi connectivity index (χ0v) is 15.7. The topological polar surface area (TPSA) is 35.9 Å². The first-order valence-corrected chi connectivity index (χ1v) is 8.55. The highest BCUT2D eigenvalue weighted by Crippen LogP contribution is 2.29. The molecule has 0 radical (unpaired) electrons. The number of hydrogen-bond acceptors (Lipinski definition) is 4. The number of nitrogens with zero attached hydrogens (tertiary/aromatic N) is 2. The van der Waals surface area contributed by atoms with Gasteiger partial charge in [-0.1, -0.05) is 42.5 Å². The molecule has 4 nitrogen and oxygen atoms in total. The highest BCUT2D eigenvalue weighted by Gasteiger charge is 2.27. The van der Waals surface area contributed by atoms with Crippen LogP contribution in [0.4, 0.5) is 5.69 Å². The van der Waals surface area contributed by atoms with Crippen LogP contribution in [0.3, 0.4) is 0 Å². The lowest BCUT2D eigenvalue weighted by molar-refractivity contribution is 0.0545. The van der Waals surface area contributed by atoms with Crippen LogP contribution >= 0.6 is 12.4 Å². The Balaban J connectivity index is 0.00000225. The van der Waals surface area contributed by atoms with Gasteiger partial charge in [0.25, 0.3) is 0 Å². The molecule has 0 spiro atoms. The van der Waals surface area contributed by atoms with Gasteiger partial charge >= 0.3 is 0 Å². The fourth-order valence-corrected chi connectivity index (χ4v) is 3.39. The molecule has 1 saturated heterocycles. The predicted molar refractivity (Wildman–Crippen MR) is 105 cm³/mol. The van der Waals surface area contributed by atoms with E-state index in [4.69, 9.17) is 4.74 Å². The SMILES string of the molecule is COc1ccccc1N1CCN([C@@H](C)[C@H](O)c2ccccc2)CC1.Cl. The largest absolute Gasteiger partial charge is 0.495 e. The molecule has 25 heavy (non-hydrogen) atoms. The van der Waals surface area contributed by atoms with Gasteiger partial charge in [-0.3, -0.25) is 4.90 Å². The number of aliphatic hydroxyl groups excluding tert-OH is 1. The Bertz CT molecular complexity index is 645. The van der Waals surface area contributed by atoms with Gasteiger partial charge in [0.05, 0.1) is 18.9 Å². The molecule has 0 saturated carbocycles. The summed E-state index contributed by atoms with van der Waals surface area (Å²) in [6, 6.07) is 18.2. The van der Waals surface area contributed by atoms with Crippen molar-refractivity contribution in [3.63, 3.8) is 0 Å². The second-order valence-electron chi connectivity index (χ2n) is 6.29. The number of para-hydroxylation sites is 2. The van der Waals surface area contributed by atoms with E-state index in [1.165, 1.54) is 0 Å². The predicted octanol–water partition coefficient (Wildman–Crippen LogP) is 3.36. The first kappa shape index (κ1) is 19.6.